The van der Waals surface area contributed by atoms with Gasteiger partial charge in [-0.1, -0.05) is 40.6 Å². The van der Waals surface area contributed by atoms with Crippen LogP contribution in [0.4, 0.5) is 10.8 Å². The molecule has 2 aromatic heterocycles. The molecule has 3 aromatic rings. The number of thiazole rings is 1. The minimum Gasteiger partial charge on any atom is -0.480 e. The maximum atomic E-state index is 6.22. The number of hydrogen-bond donors (Lipinski definition) is 2. The highest BCUT2D eigenvalue weighted by Gasteiger charge is 2.14. The summed E-state index contributed by atoms with van der Waals surface area (Å²) in [6, 6.07) is 7.37. The van der Waals surface area contributed by atoms with Crippen molar-refractivity contribution >= 4 is 57.3 Å². The molecular weight excluding hydrogens is 411 g/mol. The van der Waals surface area contributed by atoms with Crippen LogP contribution in [0.2, 0.25) is 10.0 Å². The van der Waals surface area contributed by atoms with Crippen molar-refractivity contribution in [1.29, 1.82) is 0 Å². The highest BCUT2D eigenvalue weighted by atomic mass is 35.5. The molecule has 1 aromatic carbocycles. The number of rotatable bonds is 6. The van der Waals surface area contributed by atoms with Gasteiger partial charge in [0.1, 0.15) is 0 Å². The lowest BCUT2D eigenvalue weighted by Crippen LogP contribution is -1.95. The van der Waals surface area contributed by atoms with Crippen LogP contribution in [0.1, 0.15) is 5.69 Å². The molecule has 5 nitrogen and oxygen atoms in total. The van der Waals surface area contributed by atoms with Crippen molar-refractivity contribution < 1.29 is 4.74 Å². The van der Waals surface area contributed by atoms with Crippen LogP contribution in [0.5, 0.6) is 5.88 Å². The maximum Gasteiger partial charge on any atom is 0.228 e. The van der Waals surface area contributed by atoms with Crippen LogP contribution in [0.15, 0.2) is 35.4 Å². The molecule has 0 saturated carbocycles. The van der Waals surface area contributed by atoms with E-state index in [9.17, 15) is 0 Å². The van der Waals surface area contributed by atoms with E-state index in [2.05, 4.69) is 20.0 Å². The second-order valence-corrected chi connectivity index (χ2v) is 7.88. The van der Waals surface area contributed by atoms with Gasteiger partial charge in [-0.15, -0.1) is 0 Å². The first-order valence-corrected chi connectivity index (χ1v) is 9.98. The third-order valence-corrected chi connectivity index (χ3v) is 6.18. The Balaban J connectivity index is 1.92. The highest BCUT2D eigenvalue weighted by Crippen LogP contribution is 2.39. The van der Waals surface area contributed by atoms with Crippen LogP contribution in [-0.2, 0) is 0 Å². The monoisotopic (exact) mass is 426 g/mol. The second kappa shape index (κ2) is 8.35. The number of nitrogens with zero attached hydrogens (tertiary/aromatic N) is 2. The average molecular weight is 427 g/mol. The first-order valence-electron chi connectivity index (χ1n) is 7.60. The maximum absolute atomic E-state index is 6.22. The fourth-order valence-electron chi connectivity index (χ4n) is 2.26. The minimum absolute atomic E-state index is 0.519. The molecule has 2 heterocycles. The van der Waals surface area contributed by atoms with Gasteiger partial charge in [0.2, 0.25) is 5.88 Å². The summed E-state index contributed by atoms with van der Waals surface area (Å²) in [4.78, 5) is 10.8. The van der Waals surface area contributed by atoms with Gasteiger partial charge >= 0.3 is 0 Å². The van der Waals surface area contributed by atoms with Crippen molar-refractivity contribution in [3.63, 3.8) is 0 Å². The summed E-state index contributed by atoms with van der Waals surface area (Å²) in [6.45, 7) is 1.98. The van der Waals surface area contributed by atoms with E-state index in [1.165, 1.54) is 11.9 Å². The number of anilines is 2. The van der Waals surface area contributed by atoms with Crippen LogP contribution in [0.25, 0.3) is 10.4 Å². The quantitative estimate of drug-likeness (QED) is 0.472. The summed E-state index contributed by atoms with van der Waals surface area (Å²) in [5.74, 6) is 0.519. The van der Waals surface area contributed by atoms with E-state index in [1.54, 1.807) is 42.8 Å². The zero-order valence-electron chi connectivity index (χ0n) is 14.3. The topological polar surface area (TPSA) is 59.1 Å². The number of halogens is 2. The zero-order valence-corrected chi connectivity index (χ0v) is 17.4. The number of benzene rings is 1. The predicted molar refractivity (Wildman–Crippen MR) is 112 cm³/mol. The summed E-state index contributed by atoms with van der Waals surface area (Å²) >= 11 is 15.4. The molecule has 136 valence electrons. The van der Waals surface area contributed by atoms with E-state index < -0.39 is 0 Å². The van der Waals surface area contributed by atoms with Crippen LogP contribution >= 0.6 is 46.5 Å². The first kappa shape index (κ1) is 19.1. The Morgan fingerprint density at radius 1 is 1.23 bits per heavy atom. The van der Waals surface area contributed by atoms with Gasteiger partial charge in [0, 0.05) is 18.8 Å². The van der Waals surface area contributed by atoms with Crippen LogP contribution < -0.4 is 14.8 Å². The number of hydrogen-bond acceptors (Lipinski definition) is 7. The summed E-state index contributed by atoms with van der Waals surface area (Å²) in [7, 11) is 3.44. The normalized spacial score (nSPS) is 10.7. The lowest BCUT2D eigenvalue weighted by molar-refractivity contribution is 0.387. The van der Waals surface area contributed by atoms with Gasteiger partial charge in [-0.25, -0.2) is 9.97 Å². The Hall–Kier alpha value is -1.67. The van der Waals surface area contributed by atoms with E-state index in [1.807, 2.05) is 20.0 Å². The number of pyridine rings is 1. The predicted octanol–water partition coefficient (Wildman–Crippen LogP) is 5.99. The van der Waals surface area contributed by atoms with E-state index in [0.717, 1.165) is 26.2 Å². The molecule has 0 aliphatic carbocycles. The Morgan fingerprint density at radius 3 is 2.58 bits per heavy atom. The number of para-hydroxylation sites is 1. The summed E-state index contributed by atoms with van der Waals surface area (Å²) in [5.41, 5.74) is 2.57. The number of nitrogens with one attached hydrogen (secondary N) is 2. The molecule has 26 heavy (non-hydrogen) atoms. The number of methoxy groups -OCH3 is 1. The number of aromatic nitrogens is 2. The van der Waals surface area contributed by atoms with Gasteiger partial charge in [-0.2, -0.15) is 0 Å². The standard InChI is InChI=1S/C17H16Cl2N4OS2/c1-9-15(25-17(20-2)22-9)10-7-13(16(24-3)21-8-10)26-23-14-11(18)5-4-6-12(14)19/h4-8,23H,1-3H3,(H,20,22). The number of aryl methyl sites for hydroxylation is 1. The SMILES string of the molecule is CNc1nc(C)c(-c2cnc(OC)c(SNc3c(Cl)cccc3Cl)c2)s1. The fraction of sp³-hybridized carbons (Fsp3) is 0.176. The van der Waals surface area contributed by atoms with Gasteiger partial charge in [-0.05, 0) is 37.1 Å². The summed E-state index contributed by atoms with van der Waals surface area (Å²) < 4.78 is 8.57. The zero-order chi connectivity index (χ0) is 18.7. The highest BCUT2D eigenvalue weighted by molar-refractivity contribution is 8.00. The molecule has 0 radical (unpaired) electrons. The largest absolute Gasteiger partial charge is 0.480 e. The van der Waals surface area contributed by atoms with E-state index in [4.69, 9.17) is 27.9 Å². The molecule has 0 spiro atoms. The molecule has 9 heteroatoms. The van der Waals surface area contributed by atoms with Crippen molar-refractivity contribution in [3.8, 4) is 16.3 Å². The van der Waals surface area contributed by atoms with E-state index in [0.29, 0.717) is 21.6 Å². The lowest BCUT2D eigenvalue weighted by atomic mass is 10.2. The summed E-state index contributed by atoms with van der Waals surface area (Å²) in [6.07, 6.45) is 1.78. The van der Waals surface area contributed by atoms with Crippen molar-refractivity contribution in [2.45, 2.75) is 11.8 Å². The second-order valence-electron chi connectivity index (χ2n) is 5.22. The van der Waals surface area contributed by atoms with E-state index in [-0.39, 0.29) is 0 Å². The van der Waals surface area contributed by atoms with Crippen LogP contribution in [0.3, 0.4) is 0 Å². The molecule has 0 fully saturated rings. The molecule has 0 aliphatic heterocycles. The van der Waals surface area contributed by atoms with Crippen molar-refractivity contribution in [2.24, 2.45) is 0 Å². The Kier molecular flexibility index (Phi) is 6.13. The van der Waals surface area contributed by atoms with Gasteiger partial charge in [0.05, 0.1) is 38.3 Å². The third kappa shape index (κ3) is 4.01. The molecule has 0 unspecified atom stereocenters. The molecule has 2 N–H and O–H groups in total. The Bertz CT molecular complexity index is 913. The first-order chi connectivity index (χ1) is 12.5. The smallest absolute Gasteiger partial charge is 0.228 e. The molecule has 0 aliphatic rings. The molecule has 0 amide bonds. The average Bonchev–Trinajstić information content (AvgIpc) is 3.02. The van der Waals surface area contributed by atoms with E-state index >= 15 is 0 Å². The molecule has 0 atom stereocenters. The minimum atomic E-state index is 0.519. The van der Waals surface area contributed by atoms with Crippen LogP contribution in [0, 0.1) is 6.92 Å². The molecule has 0 saturated heterocycles. The third-order valence-electron chi connectivity index (χ3n) is 3.51. The van der Waals surface area contributed by atoms with Gasteiger partial charge in [-0.3, -0.25) is 0 Å². The van der Waals surface area contributed by atoms with Crippen molar-refractivity contribution in [2.75, 3.05) is 24.2 Å². The molecule has 0 bridgehead atoms. The van der Waals surface area contributed by atoms with Gasteiger partial charge in [0.15, 0.2) is 5.13 Å². The van der Waals surface area contributed by atoms with Gasteiger partial charge < -0.3 is 14.8 Å². The summed E-state index contributed by atoms with van der Waals surface area (Å²) in [5, 5.41) is 5.03. The molecule has 3 rings (SSSR count). The van der Waals surface area contributed by atoms with Crippen molar-refractivity contribution in [1.82, 2.24) is 9.97 Å². The fourth-order valence-corrected chi connectivity index (χ4v) is 4.60. The lowest BCUT2D eigenvalue weighted by Gasteiger charge is -2.12. The van der Waals surface area contributed by atoms with Gasteiger partial charge in [0.25, 0.3) is 0 Å². The van der Waals surface area contributed by atoms with Crippen molar-refractivity contribution in [3.05, 3.63) is 46.2 Å². The van der Waals surface area contributed by atoms with Crippen LogP contribution in [-0.4, -0.2) is 24.1 Å². The molecular formula is C17H16Cl2N4OS2. The Morgan fingerprint density at radius 2 is 1.96 bits per heavy atom. The number of ether oxygens (including phenoxy) is 1. The Labute approximate surface area is 170 Å².